The van der Waals surface area contributed by atoms with Crippen LogP contribution in [0.25, 0.3) is 0 Å². The largest absolute Gasteiger partial charge is 0.452 e. The van der Waals surface area contributed by atoms with Gasteiger partial charge in [-0.15, -0.1) is 0 Å². The Morgan fingerprint density at radius 1 is 1.25 bits per heavy atom. The molecule has 1 amide bonds. The molecule has 2 rings (SSSR count). The van der Waals surface area contributed by atoms with Crippen molar-refractivity contribution in [1.82, 2.24) is 4.98 Å². The third-order valence-corrected chi connectivity index (χ3v) is 3.81. The van der Waals surface area contributed by atoms with Crippen LogP contribution in [0.3, 0.4) is 0 Å². The lowest BCUT2D eigenvalue weighted by Gasteiger charge is -2.16. The van der Waals surface area contributed by atoms with Crippen LogP contribution in [0.15, 0.2) is 36.5 Å². The van der Waals surface area contributed by atoms with Crippen molar-refractivity contribution < 1.29 is 14.3 Å². The number of amides is 1. The van der Waals surface area contributed by atoms with Gasteiger partial charge in [-0.2, -0.15) is 0 Å². The number of nitrogens with one attached hydrogen (secondary N) is 1. The molecular weight excluding hydrogens is 328 g/mol. The van der Waals surface area contributed by atoms with E-state index in [1.54, 1.807) is 6.07 Å². The first-order valence-electron chi connectivity index (χ1n) is 7.57. The molecule has 0 atom stereocenters. The first-order chi connectivity index (χ1) is 11.4. The van der Waals surface area contributed by atoms with Crippen molar-refractivity contribution in [3.05, 3.63) is 58.4 Å². The van der Waals surface area contributed by atoms with Crippen LogP contribution < -0.4 is 5.32 Å². The Balaban J connectivity index is 2.02. The summed E-state index contributed by atoms with van der Waals surface area (Å²) in [4.78, 5) is 27.9. The molecule has 1 N–H and O–H groups in total. The molecule has 6 heteroatoms. The standard InChI is InChI=1S/C18H19ClN2O3/c1-11(2)13-7-4-6-12(3)16(13)21-15(22)10-24-18(23)14-8-5-9-20-17(14)19/h4-9,11H,10H2,1-3H3,(H,21,22). The summed E-state index contributed by atoms with van der Waals surface area (Å²) >= 11 is 5.83. The first-order valence-corrected chi connectivity index (χ1v) is 7.95. The third kappa shape index (κ3) is 4.32. The van der Waals surface area contributed by atoms with Gasteiger partial charge in [0.1, 0.15) is 5.15 Å². The Bertz CT molecular complexity index is 760. The molecule has 1 heterocycles. The molecule has 0 unspecified atom stereocenters. The molecule has 0 spiro atoms. The fourth-order valence-corrected chi connectivity index (χ4v) is 2.46. The van der Waals surface area contributed by atoms with Gasteiger partial charge in [-0.25, -0.2) is 9.78 Å². The molecule has 0 saturated carbocycles. The van der Waals surface area contributed by atoms with Crippen LogP contribution >= 0.6 is 11.6 Å². The number of aromatic nitrogens is 1. The predicted molar refractivity (Wildman–Crippen MR) is 93.4 cm³/mol. The van der Waals surface area contributed by atoms with Gasteiger partial charge in [0.25, 0.3) is 5.91 Å². The molecule has 126 valence electrons. The van der Waals surface area contributed by atoms with Crippen molar-refractivity contribution in [2.24, 2.45) is 0 Å². The second-order valence-electron chi connectivity index (χ2n) is 5.66. The second-order valence-corrected chi connectivity index (χ2v) is 6.02. The minimum absolute atomic E-state index is 0.0453. The highest BCUT2D eigenvalue weighted by molar-refractivity contribution is 6.32. The van der Waals surface area contributed by atoms with Crippen LogP contribution in [-0.2, 0) is 9.53 Å². The number of carbonyl (C=O) groups is 2. The van der Waals surface area contributed by atoms with Gasteiger partial charge in [-0.05, 0) is 36.1 Å². The number of carbonyl (C=O) groups excluding carboxylic acids is 2. The number of esters is 1. The lowest BCUT2D eigenvalue weighted by Crippen LogP contribution is -2.22. The number of rotatable bonds is 5. The molecule has 0 bridgehead atoms. The number of para-hydroxylation sites is 1. The molecule has 0 fully saturated rings. The summed E-state index contributed by atoms with van der Waals surface area (Å²) in [6.45, 7) is 5.63. The highest BCUT2D eigenvalue weighted by atomic mass is 35.5. The molecule has 0 saturated heterocycles. The van der Waals surface area contributed by atoms with E-state index in [4.69, 9.17) is 16.3 Å². The summed E-state index contributed by atoms with van der Waals surface area (Å²) < 4.78 is 5.01. The van der Waals surface area contributed by atoms with E-state index in [0.29, 0.717) is 0 Å². The van der Waals surface area contributed by atoms with Gasteiger partial charge in [0.15, 0.2) is 6.61 Å². The maximum Gasteiger partial charge on any atom is 0.341 e. The zero-order chi connectivity index (χ0) is 17.7. The molecule has 0 aliphatic heterocycles. The number of nitrogens with zero attached hydrogens (tertiary/aromatic N) is 1. The fraction of sp³-hybridized carbons (Fsp3) is 0.278. The quantitative estimate of drug-likeness (QED) is 0.657. The van der Waals surface area contributed by atoms with Crippen molar-refractivity contribution in [3.8, 4) is 0 Å². The van der Waals surface area contributed by atoms with E-state index in [1.165, 1.54) is 12.3 Å². The SMILES string of the molecule is Cc1cccc(C(C)C)c1NC(=O)COC(=O)c1cccnc1Cl. The van der Waals surface area contributed by atoms with E-state index >= 15 is 0 Å². The number of anilines is 1. The molecule has 24 heavy (non-hydrogen) atoms. The molecule has 2 aromatic rings. The average Bonchev–Trinajstić information content (AvgIpc) is 2.54. The average molecular weight is 347 g/mol. The smallest absolute Gasteiger partial charge is 0.341 e. The predicted octanol–water partition coefficient (Wildman–Crippen LogP) is 3.96. The van der Waals surface area contributed by atoms with Crippen LogP contribution in [0.1, 0.15) is 41.3 Å². The topological polar surface area (TPSA) is 68.3 Å². The van der Waals surface area contributed by atoms with Gasteiger partial charge in [0, 0.05) is 11.9 Å². The van der Waals surface area contributed by atoms with E-state index in [2.05, 4.69) is 24.1 Å². The number of pyridine rings is 1. The van der Waals surface area contributed by atoms with Crippen molar-refractivity contribution in [1.29, 1.82) is 0 Å². The lowest BCUT2D eigenvalue weighted by atomic mass is 9.98. The van der Waals surface area contributed by atoms with Crippen LogP contribution in [0, 0.1) is 6.92 Å². The van der Waals surface area contributed by atoms with Gasteiger partial charge in [-0.1, -0.05) is 43.6 Å². The molecule has 0 radical (unpaired) electrons. The van der Waals surface area contributed by atoms with Crippen LogP contribution in [-0.4, -0.2) is 23.5 Å². The highest BCUT2D eigenvalue weighted by Gasteiger charge is 2.16. The number of halogens is 1. The number of hydrogen-bond acceptors (Lipinski definition) is 4. The zero-order valence-corrected chi connectivity index (χ0v) is 14.6. The summed E-state index contributed by atoms with van der Waals surface area (Å²) in [5.74, 6) is -0.825. The van der Waals surface area contributed by atoms with Crippen LogP contribution in [0.2, 0.25) is 5.15 Å². The Hall–Kier alpha value is -2.40. The Morgan fingerprint density at radius 3 is 2.67 bits per heavy atom. The highest BCUT2D eigenvalue weighted by Crippen LogP contribution is 2.27. The summed E-state index contributed by atoms with van der Waals surface area (Å²) in [5.41, 5.74) is 2.87. The van der Waals surface area contributed by atoms with E-state index < -0.39 is 18.5 Å². The molecule has 1 aromatic carbocycles. The summed E-state index contributed by atoms with van der Waals surface area (Å²) in [5, 5.41) is 2.86. The first kappa shape index (κ1) is 17.9. The molecule has 0 aliphatic carbocycles. The molecule has 1 aromatic heterocycles. The van der Waals surface area contributed by atoms with Crippen molar-refractivity contribution >= 4 is 29.2 Å². The number of aryl methyl sites for hydroxylation is 1. The molecule has 0 aliphatic rings. The number of hydrogen-bond donors (Lipinski definition) is 1. The monoisotopic (exact) mass is 346 g/mol. The number of benzene rings is 1. The minimum atomic E-state index is -0.683. The van der Waals surface area contributed by atoms with Gasteiger partial charge in [-0.3, -0.25) is 4.79 Å². The fourth-order valence-electron chi connectivity index (χ4n) is 2.26. The Morgan fingerprint density at radius 2 is 2.00 bits per heavy atom. The zero-order valence-electron chi connectivity index (χ0n) is 13.8. The Labute approximate surface area is 146 Å². The van der Waals surface area contributed by atoms with Crippen molar-refractivity contribution in [2.75, 3.05) is 11.9 Å². The number of ether oxygens (including phenoxy) is 1. The van der Waals surface area contributed by atoms with Gasteiger partial charge < -0.3 is 10.1 Å². The Kier molecular flexibility index (Phi) is 5.93. The second kappa shape index (κ2) is 7.93. The van der Waals surface area contributed by atoms with E-state index in [-0.39, 0.29) is 16.6 Å². The normalized spacial score (nSPS) is 10.5. The summed E-state index contributed by atoms with van der Waals surface area (Å²) in [7, 11) is 0. The molecular formula is C18H19ClN2O3. The van der Waals surface area contributed by atoms with Crippen LogP contribution in [0.4, 0.5) is 5.69 Å². The van der Waals surface area contributed by atoms with Crippen LogP contribution in [0.5, 0.6) is 0 Å². The van der Waals surface area contributed by atoms with Crippen molar-refractivity contribution in [3.63, 3.8) is 0 Å². The lowest BCUT2D eigenvalue weighted by molar-refractivity contribution is -0.119. The van der Waals surface area contributed by atoms with E-state index in [0.717, 1.165) is 16.8 Å². The molecule has 5 nitrogen and oxygen atoms in total. The van der Waals surface area contributed by atoms with Crippen molar-refractivity contribution in [2.45, 2.75) is 26.7 Å². The summed E-state index contributed by atoms with van der Waals surface area (Å²) in [6.07, 6.45) is 1.47. The van der Waals surface area contributed by atoms with E-state index in [1.807, 2.05) is 25.1 Å². The minimum Gasteiger partial charge on any atom is -0.452 e. The van der Waals surface area contributed by atoms with Gasteiger partial charge >= 0.3 is 5.97 Å². The van der Waals surface area contributed by atoms with Gasteiger partial charge in [0.05, 0.1) is 5.56 Å². The van der Waals surface area contributed by atoms with Gasteiger partial charge in [0.2, 0.25) is 0 Å². The van der Waals surface area contributed by atoms with E-state index in [9.17, 15) is 9.59 Å². The maximum absolute atomic E-state index is 12.1. The maximum atomic E-state index is 12.1. The third-order valence-electron chi connectivity index (χ3n) is 3.50. The summed E-state index contributed by atoms with van der Waals surface area (Å²) in [6, 6.07) is 8.90.